The van der Waals surface area contributed by atoms with E-state index in [0.29, 0.717) is 5.92 Å². The molecule has 0 aliphatic heterocycles. The van der Waals surface area contributed by atoms with Crippen molar-refractivity contribution in [2.75, 3.05) is 14.2 Å². The molecule has 1 aliphatic carbocycles. The summed E-state index contributed by atoms with van der Waals surface area (Å²) in [6, 6.07) is 0. The Labute approximate surface area is 86.2 Å². The summed E-state index contributed by atoms with van der Waals surface area (Å²) in [7, 11) is -0.395. The average Bonchev–Trinajstić information content (AvgIpc) is 2.17. The van der Waals surface area contributed by atoms with Crippen LogP contribution in [0.15, 0.2) is 0 Å². The molecule has 1 rings (SSSR count). The van der Waals surface area contributed by atoms with Crippen LogP contribution in [0.1, 0.15) is 32.6 Å². The van der Waals surface area contributed by atoms with Crippen molar-refractivity contribution in [3.05, 3.63) is 0 Å². The van der Waals surface area contributed by atoms with Crippen molar-refractivity contribution < 1.29 is 13.3 Å². The molecule has 4 nitrogen and oxygen atoms in total. The first-order valence-corrected chi connectivity index (χ1v) is 6.50. The van der Waals surface area contributed by atoms with Crippen LogP contribution >= 0.6 is 0 Å². The van der Waals surface area contributed by atoms with Crippen molar-refractivity contribution in [1.82, 2.24) is 4.47 Å². The zero-order valence-corrected chi connectivity index (χ0v) is 9.88. The highest BCUT2D eigenvalue weighted by molar-refractivity contribution is 7.89. The van der Waals surface area contributed by atoms with Gasteiger partial charge in [0.1, 0.15) is 0 Å². The van der Waals surface area contributed by atoms with Crippen LogP contribution in [0.4, 0.5) is 0 Å². The predicted molar refractivity (Wildman–Crippen MR) is 55.1 cm³/mol. The average molecular weight is 221 g/mol. The maximum atomic E-state index is 11.8. The van der Waals surface area contributed by atoms with Gasteiger partial charge < -0.3 is 0 Å². The molecule has 1 aliphatic rings. The molecule has 0 heterocycles. The van der Waals surface area contributed by atoms with E-state index in [9.17, 15) is 8.42 Å². The van der Waals surface area contributed by atoms with Gasteiger partial charge in [0.25, 0.3) is 0 Å². The molecule has 1 fully saturated rings. The lowest BCUT2D eigenvalue weighted by Gasteiger charge is -2.28. The van der Waals surface area contributed by atoms with Crippen molar-refractivity contribution >= 4 is 10.0 Å². The molecule has 0 atom stereocenters. The van der Waals surface area contributed by atoms with E-state index in [1.165, 1.54) is 14.2 Å². The first-order chi connectivity index (χ1) is 6.48. The minimum Gasteiger partial charge on any atom is -0.288 e. The van der Waals surface area contributed by atoms with Gasteiger partial charge in [0, 0.05) is 7.05 Å². The lowest BCUT2D eigenvalue weighted by molar-refractivity contribution is -0.0273. The maximum absolute atomic E-state index is 11.8. The lowest BCUT2D eigenvalue weighted by atomic mass is 9.91. The Bertz CT molecular complexity index is 268. The fourth-order valence-corrected chi connectivity index (χ4v) is 3.34. The van der Waals surface area contributed by atoms with Crippen LogP contribution in [-0.4, -0.2) is 32.3 Å². The van der Waals surface area contributed by atoms with Crippen LogP contribution in [0.5, 0.6) is 0 Å². The molecule has 1 saturated carbocycles. The van der Waals surface area contributed by atoms with E-state index < -0.39 is 10.0 Å². The Morgan fingerprint density at radius 3 is 2.14 bits per heavy atom. The van der Waals surface area contributed by atoms with Gasteiger partial charge in [-0.2, -0.15) is 0 Å². The van der Waals surface area contributed by atoms with Crippen molar-refractivity contribution in [1.29, 1.82) is 0 Å². The van der Waals surface area contributed by atoms with Crippen LogP contribution < -0.4 is 0 Å². The number of hydroxylamine groups is 1. The molecule has 14 heavy (non-hydrogen) atoms. The summed E-state index contributed by atoms with van der Waals surface area (Å²) in [5, 5.41) is -0.247. The third-order valence-corrected chi connectivity index (χ3v) is 5.18. The molecule has 0 N–H and O–H groups in total. The maximum Gasteiger partial charge on any atom is 0.238 e. The summed E-state index contributed by atoms with van der Waals surface area (Å²) >= 11 is 0. The van der Waals surface area contributed by atoms with Crippen LogP contribution in [0.2, 0.25) is 0 Å². The van der Waals surface area contributed by atoms with Gasteiger partial charge in [0.15, 0.2) is 0 Å². The van der Waals surface area contributed by atoms with E-state index in [1.54, 1.807) is 0 Å². The van der Waals surface area contributed by atoms with Gasteiger partial charge in [0.05, 0.1) is 12.4 Å². The van der Waals surface area contributed by atoms with Crippen LogP contribution in [-0.2, 0) is 14.9 Å². The lowest BCUT2D eigenvalue weighted by Crippen LogP contribution is -2.37. The SMILES string of the molecule is CON(C)S(=O)(=O)C1CCC(C)CC1. The number of nitrogens with zero attached hydrogens (tertiary/aromatic N) is 1. The molecule has 0 radical (unpaired) electrons. The van der Waals surface area contributed by atoms with Gasteiger partial charge in [-0.1, -0.05) is 11.4 Å². The van der Waals surface area contributed by atoms with Gasteiger partial charge in [-0.15, -0.1) is 0 Å². The van der Waals surface area contributed by atoms with Crippen LogP contribution in [0, 0.1) is 5.92 Å². The zero-order valence-electron chi connectivity index (χ0n) is 9.06. The minimum atomic E-state index is -3.22. The summed E-state index contributed by atoms with van der Waals surface area (Å²) < 4.78 is 24.6. The topological polar surface area (TPSA) is 46.6 Å². The summed E-state index contributed by atoms with van der Waals surface area (Å²) in [6.07, 6.45) is 3.53. The van der Waals surface area contributed by atoms with E-state index in [1.807, 2.05) is 0 Å². The van der Waals surface area contributed by atoms with E-state index in [2.05, 4.69) is 6.92 Å². The molecule has 0 unspecified atom stereocenters. The third-order valence-electron chi connectivity index (χ3n) is 3.00. The summed E-state index contributed by atoms with van der Waals surface area (Å²) in [5.74, 6) is 0.661. The largest absolute Gasteiger partial charge is 0.288 e. The molecule has 0 aromatic carbocycles. The Morgan fingerprint density at radius 2 is 1.71 bits per heavy atom. The molecule has 5 heteroatoms. The fourth-order valence-electron chi connectivity index (χ4n) is 1.84. The van der Waals surface area contributed by atoms with Gasteiger partial charge in [-0.3, -0.25) is 4.84 Å². The Hall–Kier alpha value is -0.130. The molecule has 0 aromatic rings. The molecule has 0 aromatic heterocycles. The number of rotatable bonds is 3. The standard InChI is InChI=1S/C9H19NO3S/c1-8-4-6-9(7-5-8)14(11,12)10(2)13-3/h8-9H,4-7H2,1-3H3. The number of hydrogen-bond acceptors (Lipinski definition) is 3. The number of sulfonamides is 1. The predicted octanol–water partition coefficient (Wildman–Crippen LogP) is 1.39. The zero-order chi connectivity index (χ0) is 10.8. The third kappa shape index (κ3) is 2.46. The first-order valence-electron chi connectivity index (χ1n) is 5.00. The monoisotopic (exact) mass is 221 g/mol. The first kappa shape index (κ1) is 11.9. The second kappa shape index (κ2) is 4.59. The van der Waals surface area contributed by atoms with Crippen molar-refractivity contribution in [3.63, 3.8) is 0 Å². The van der Waals surface area contributed by atoms with Gasteiger partial charge in [-0.25, -0.2) is 8.42 Å². The smallest absolute Gasteiger partial charge is 0.238 e. The van der Waals surface area contributed by atoms with Crippen LogP contribution in [0.3, 0.4) is 0 Å². The van der Waals surface area contributed by atoms with Gasteiger partial charge in [-0.05, 0) is 31.6 Å². The van der Waals surface area contributed by atoms with E-state index in [4.69, 9.17) is 4.84 Å². The molecule has 0 bridgehead atoms. The summed E-state index contributed by atoms with van der Waals surface area (Å²) in [5.41, 5.74) is 0. The number of hydrogen-bond donors (Lipinski definition) is 0. The second-order valence-electron chi connectivity index (χ2n) is 4.02. The summed E-state index contributed by atoms with van der Waals surface area (Å²) in [6.45, 7) is 2.17. The molecule has 0 spiro atoms. The second-order valence-corrected chi connectivity index (χ2v) is 6.23. The van der Waals surface area contributed by atoms with Crippen molar-refractivity contribution in [2.45, 2.75) is 37.9 Å². The normalized spacial score (nSPS) is 29.4. The molecular weight excluding hydrogens is 202 g/mol. The summed E-state index contributed by atoms with van der Waals surface area (Å²) in [4.78, 5) is 4.74. The Balaban J connectivity index is 2.65. The molecule has 84 valence electrons. The minimum absolute atomic E-state index is 0.247. The Morgan fingerprint density at radius 1 is 1.21 bits per heavy atom. The van der Waals surface area contributed by atoms with Crippen LogP contribution in [0.25, 0.3) is 0 Å². The molecule has 0 amide bonds. The highest BCUT2D eigenvalue weighted by Crippen LogP contribution is 2.29. The van der Waals surface area contributed by atoms with Gasteiger partial charge in [0.2, 0.25) is 10.0 Å². The Kier molecular flexibility index (Phi) is 3.92. The van der Waals surface area contributed by atoms with Crippen molar-refractivity contribution in [2.24, 2.45) is 5.92 Å². The highest BCUT2D eigenvalue weighted by atomic mass is 32.2. The van der Waals surface area contributed by atoms with Crippen molar-refractivity contribution in [3.8, 4) is 0 Å². The van der Waals surface area contributed by atoms with Gasteiger partial charge >= 0.3 is 0 Å². The molecular formula is C9H19NO3S. The molecule has 0 saturated heterocycles. The van der Waals surface area contributed by atoms with E-state index in [0.717, 1.165) is 30.2 Å². The van der Waals surface area contributed by atoms with E-state index >= 15 is 0 Å². The highest BCUT2D eigenvalue weighted by Gasteiger charge is 2.32. The fraction of sp³-hybridized carbons (Fsp3) is 1.00. The quantitative estimate of drug-likeness (QED) is 0.677. The van der Waals surface area contributed by atoms with E-state index in [-0.39, 0.29) is 5.25 Å².